The third-order valence-electron chi connectivity index (χ3n) is 5.29. The van der Waals surface area contributed by atoms with E-state index in [-0.39, 0.29) is 23.1 Å². The molecule has 0 saturated carbocycles. The molecule has 1 fully saturated rings. The van der Waals surface area contributed by atoms with Gasteiger partial charge in [-0.1, -0.05) is 13.0 Å². The van der Waals surface area contributed by atoms with E-state index in [0.717, 1.165) is 25.9 Å². The molecule has 0 aromatic heterocycles. The SMILES string of the molecule is C=C(O)N(/C(=C\C)c1cc(CC)c(O)cc1O)c1ccc(O)c(N2CCCC2)c1. The Balaban J connectivity index is 2.10. The molecule has 6 nitrogen and oxygen atoms in total. The number of aliphatic hydroxyl groups excluding tert-OH is 1. The minimum absolute atomic E-state index is 0.0273. The van der Waals surface area contributed by atoms with Crippen LogP contribution in [0.2, 0.25) is 0 Å². The molecule has 0 aliphatic carbocycles. The second kappa shape index (κ2) is 8.39. The lowest BCUT2D eigenvalue weighted by atomic mass is 10.0. The van der Waals surface area contributed by atoms with Crippen molar-refractivity contribution in [1.29, 1.82) is 0 Å². The molecular formula is C23H28N2O4. The van der Waals surface area contributed by atoms with Gasteiger partial charge in [0.1, 0.15) is 17.2 Å². The molecule has 29 heavy (non-hydrogen) atoms. The van der Waals surface area contributed by atoms with Crippen molar-refractivity contribution in [3.05, 3.63) is 60.0 Å². The average Bonchev–Trinajstić information content (AvgIpc) is 3.22. The Morgan fingerprint density at radius 1 is 1.07 bits per heavy atom. The summed E-state index contributed by atoms with van der Waals surface area (Å²) in [4.78, 5) is 3.63. The predicted molar refractivity (Wildman–Crippen MR) is 117 cm³/mol. The smallest absolute Gasteiger partial charge is 0.188 e. The van der Waals surface area contributed by atoms with E-state index in [9.17, 15) is 20.4 Å². The van der Waals surface area contributed by atoms with Gasteiger partial charge in [-0.3, -0.25) is 4.90 Å². The predicted octanol–water partition coefficient (Wildman–Crippen LogP) is 4.86. The lowest BCUT2D eigenvalue weighted by molar-refractivity contribution is 0.405. The van der Waals surface area contributed by atoms with Gasteiger partial charge in [0, 0.05) is 24.7 Å². The molecule has 2 aromatic rings. The molecule has 0 bridgehead atoms. The van der Waals surface area contributed by atoms with Gasteiger partial charge in [0.25, 0.3) is 0 Å². The van der Waals surface area contributed by atoms with Gasteiger partial charge >= 0.3 is 0 Å². The average molecular weight is 396 g/mol. The molecule has 4 N–H and O–H groups in total. The maximum absolute atomic E-state index is 10.5. The highest BCUT2D eigenvalue weighted by molar-refractivity contribution is 5.86. The number of nitrogens with zero attached hydrogens (tertiary/aromatic N) is 2. The van der Waals surface area contributed by atoms with Gasteiger partial charge < -0.3 is 25.3 Å². The lowest BCUT2D eigenvalue weighted by Gasteiger charge is -2.29. The van der Waals surface area contributed by atoms with Crippen molar-refractivity contribution in [2.75, 3.05) is 22.9 Å². The van der Waals surface area contributed by atoms with Crippen molar-refractivity contribution >= 4 is 17.1 Å². The molecule has 0 atom stereocenters. The molecule has 154 valence electrons. The molecule has 1 saturated heterocycles. The second-order valence-corrected chi connectivity index (χ2v) is 7.14. The quantitative estimate of drug-likeness (QED) is 0.522. The van der Waals surface area contributed by atoms with E-state index >= 15 is 0 Å². The van der Waals surface area contributed by atoms with Crippen LogP contribution in [-0.2, 0) is 6.42 Å². The number of allylic oxidation sites excluding steroid dienone is 1. The molecule has 3 rings (SSSR count). The molecule has 1 aliphatic rings. The van der Waals surface area contributed by atoms with Crippen molar-refractivity contribution in [2.24, 2.45) is 0 Å². The Bertz CT molecular complexity index is 946. The minimum atomic E-state index is -0.221. The number of phenolic OH excluding ortho intramolecular Hbond substituents is 3. The number of phenols is 3. The zero-order valence-corrected chi connectivity index (χ0v) is 16.9. The van der Waals surface area contributed by atoms with Crippen molar-refractivity contribution in [3.8, 4) is 17.2 Å². The first kappa shape index (κ1) is 20.5. The maximum Gasteiger partial charge on any atom is 0.188 e. The van der Waals surface area contributed by atoms with Gasteiger partial charge in [0.05, 0.1) is 17.1 Å². The van der Waals surface area contributed by atoms with E-state index in [1.54, 1.807) is 31.2 Å². The van der Waals surface area contributed by atoms with Gasteiger partial charge in [-0.15, -0.1) is 0 Å². The monoisotopic (exact) mass is 396 g/mol. The van der Waals surface area contributed by atoms with E-state index in [4.69, 9.17) is 0 Å². The molecule has 0 spiro atoms. The van der Waals surface area contributed by atoms with Crippen LogP contribution in [0.15, 0.2) is 48.9 Å². The largest absolute Gasteiger partial charge is 0.508 e. The van der Waals surface area contributed by atoms with Gasteiger partial charge in [0.2, 0.25) is 0 Å². The topological polar surface area (TPSA) is 87.4 Å². The molecule has 0 radical (unpaired) electrons. The summed E-state index contributed by atoms with van der Waals surface area (Å²) in [6.07, 6.45) is 4.49. The molecule has 0 amide bonds. The van der Waals surface area contributed by atoms with Crippen LogP contribution in [0.5, 0.6) is 17.2 Å². The van der Waals surface area contributed by atoms with Gasteiger partial charge in [-0.05, 0) is 62.6 Å². The van der Waals surface area contributed by atoms with Crippen molar-refractivity contribution in [2.45, 2.75) is 33.1 Å². The van der Waals surface area contributed by atoms with Gasteiger partial charge in [0.15, 0.2) is 5.88 Å². The normalized spacial score (nSPS) is 14.3. The Morgan fingerprint density at radius 2 is 1.76 bits per heavy atom. The van der Waals surface area contributed by atoms with Crippen LogP contribution in [0.4, 0.5) is 11.4 Å². The number of aromatic hydroxyl groups is 3. The third kappa shape index (κ3) is 3.97. The Morgan fingerprint density at radius 3 is 2.34 bits per heavy atom. The number of rotatable bonds is 6. The number of anilines is 2. The van der Waals surface area contributed by atoms with E-state index in [2.05, 4.69) is 11.5 Å². The Labute approximate surface area is 171 Å². The Hall–Kier alpha value is -3.28. The van der Waals surface area contributed by atoms with Crippen LogP contribution < -0.4 is 9.80 Å². The second-order valence-electron chi connectivity index (χ2n) is 7.14. The number of hydrogen-bond donors (Lipinski definition) is 4. The fourth-order valence-corrected chi connectivity index (χ4v) is 3.80. The number of benzene rings is 2. The van der Waals surface area contributed by atoms with E-state index in [1.807, 2.05) is 13.0 Å². The zero-order chi connectivity index (χ0) is 21.1. The van der Waals surface area contributed by atoms with Crippen LogP contribution in [0.1, 0.15) is 37.8 Å². The first-order chi connectivity index (χ1) is 13.9. The number of hydrogen-bond acceptors (Lipinski definition) is 6. The summed E-state index contributed by atoms with van der Waals surface area (Å²) in [7, 11) is 0. The minimum Gasteiger partial charge on any atom is -0.508 e. The summed E-state index contributed by atoms with van der Waals surface area (Å²) in [5.41, 5.74) is 2.97. The van der Waals surface area contributed by atoms with Crippen molar-refractivity contribution < 1.29 is 20.4 Å². The highest BCUT2D eigenvalue weighted by Crippen LogP contribution is 2.40. The van der Waals surface area contributed by atoms with Gasteiger partial charge in [-0.2, -0.15) is 0 Å². The summed E-state index contributed by atoms with van der Waals surface area (Å²) in [6.45, 7) is 9.14. The molecule has 2 aromatic carbocycles. The summed E-state index contributed by atoms with van der Waals surface area (Å²) < 4.78 is 0. The lowest BCUT2D eigenvalue weighted by Crippen LogP contribution is -2.22. The number of aliphatic hydroxyl groups is 1. The summed E-state index contributed by atoms with van der Waals surface area (Å²) >= 11 is 0. The van der Waals surface area contributed by atoms with Crippen LogP contribution in [0.25, 0.3) is 5.70 Å². The zero-order valence-electron chi connectivity index (χ0n) is 16.9. The Kier molecular flexibility index (Phi) is 5.92. The van der Waals surface area contributed by atoms with E-state index in [0.29, 0.717) is 34.6 Å². The third-order valence-corrected chi connectivity index (χ3v) is 5.29. The highest BCUT2D eigenvalue weighted by atomic mass is 16.3. The van der Waals surface area contributed by atoms with Crippen LogP contribution in [0.3, 0.4) is 0 Å². The first-order valence-corrected chi connectivity index (χ1v) is 9.84. The molecule has 0 unspecified atom stereocenters. The summed E-state index contributed by atoms with van der Waals surface area (Å²) in [5.74, 6) is -0.110. The van der Waals surface area contributed by atoms with Gasteiger partial charge in [-0.25, -0.2) is 0 Å². The standard InChI is InChI=1S/C23H28N2O4/c1-4-16-12-18(23(29)14-22(16)28)19(5-2)25(15(3)26)17-8-9-21(27)20(13-17)24-10-6-7-11-24/h5,8-9,12-14,26-29H,3-4,6-7,10-11H2,1-2H3/b19-5-. The van der Waals surface area contributed by atoms with Crippen LogP contribution in [-0.4, -0.2) is 33.5 Å². The maximum atomic E-state index is 10.5. The molecule has 1 heterocycles. The van der Waals surface area contributed by atoms with Crippen LogP contribution >= 0.6 is 0 Å². The first-order valence-electron chi connectivity index (χ1n) is 9.84. The van der Waals surface area contributed by atoms with E-state index in [1.165, 1.54) is 11.0 Å². The summed E-state index contributed by atoms with van der Waals surface area (Å²) in [5, 5.41) is 41.3. The van der Waals surface area contributed by atoms with Crippen LogP contribution in [0, 0.1) is 0 Å². The molecule has 6 heteroatoms. The number of aryl methyl sites for hydroxylation is 1. The van der Waals surface area contributed by atoms with Crippen molar-refractivity contribution in [1.82, 2.24) is 0 Å². The fraction of sp³-hybridized carbons (Fsp3) is 0.304. The fourth-order valence-electron chi connectivity index (χ4n) is 3.80. The van der Waals surface area contributed by atoms with E-state index < -0.39 is 0 Å². The molecule has 1 aliphatic heterocycles. The highest BCUT2D eigenvalue weighted by Gasteiger charge is 2.23. The van der Waals surface area contributed by atoms with Crippen molar-refractivity contribution in [3.63, 3.8) is 0 Å². The molecular weight excluding hydrogens is 368 g/mol. The summed E-state index contributed by atoms with van der Waals surface area (Å²) in [6, 6.07) is 8.11.